The first kappa shape index (κ1) is 12.2. The van der Waals surface area contributed by atoms with Crippen molar-refractivity contribution in [2.45, 2.75) is 19.8 Å². The second-order valence-corrected chi connectivity index (χ2v) is 3.19. The number of hydrogen-bond donors (Lipinski definition) is 2. The molecular formula is C12H14N2O2. The average molecular weight is 218 g/mol. The zero-order chi connectivity index (χ0) is 11.8. The van der Waals surface area contributed by atoms with Crippen LogP contribution in [-0.2, 0) is 4.79 Å². The highest BCUT2D eigenvalue weighted by molar-refractivity contribution is 5.89. The van der Waals surface area contributed by atoms with Crippen molar-refractivity contribution in [3.05, 3.63) is 23.9 Å². The van der Waals surface area contributed by atoms with Crippen molar-refractivity contribution in [1.29, 1.82) is 0 Å². The number of aliphatic hydroxyl groups is 1. The van der Waals surface area contributed by atoms with Crippen molar-refractivity contribution < 1.29 is 9.90 Å². The highest BCUT2D eigenvalue weighted by Gasteiger charge is 2.01. The summed E-state index contributed by atoms with van der Waals surface area (Å²) in [5, 5.41) is 11.2. The molecule has 1 amide bonds. The lowest BCUT2D eigenvalue weighted by molar-refractivity contribution is -0.116. The lowest BCUT2D eigenvalue weighted by Crippen LogP contribution is -2.11. The Morgan fingerprint density at radius 1 is 1.62 bits per heavy atom. The summed E-state index contributed by atoms with van der Waals surface area (Å²) in [6, 6.07) is 3.40. The van der Waals surface area contributed by atoms with Gasteiger partial charge in [0.05, 0.1) is 0 Å². The van der Waals surface area contributed by atoms with Gasteiger partial charge in [0.1, 0.15) is 12.4 Å². The molecule has 4 nitrogen and oxygen atoms in total. The SMILES string of the molecule is CCCC(=O)Nc1cc(C#CCO)ccn1. The van der Waals surface area contributed by atoms with E-state index in [9.17, 15) is 4.79 Å². The Labute approximate surface area is 94.7 Å². The molecule has 1 rings (SSSR count). The fraction of sp³-hybridized carbons (Fsp3) is 0.333. The van der Waals surface area contributed by atoms with Crippen LogP contribution >= 0.6 is 0 Å². The topological polar surface area (TPSA) is 62.2 Å². The van der Waals surface area contributed by atoms with Gasteiger partial charge in [-0.3, -0.25) is 4.79 Å². The van der Waals surface area contributed by atoms with E-state index in [1.54, 1.807) is 18.3 Å². The van der Waals surface area contributed by atoms with Crippen LogP contribution in [-0.4, -0.2) is 22.6 Å². The summed E-state index contributed by atoms with van der Waals surface area (Å²) in [5.74, 6) is 5.72. The number of amides is 1. The van der Waals surface area contributed by atoms with E-state index in [2.05, 4.69) is 22.1 Å². The first-order valence-electron chi connectivity index (χ1n) is 5.12. The molecule has 1 aromatic rings. The number of hydrogen-bond acceptors (Lipinski definition) is 3. The predicted octanol–water partition coefficient (Wildman–Crippen LogP) is 1.16. The largest absolute Gasteiger partial charge is 0.384 e. The number of rotatable bonds is 3. The van der Waals surface area contributed by atoms with Gasteiger partial charge in [-0.05, 0) is 18.6 Å². The maximum absolute atomic E-state index is 11.3. The molecule has 0 aromatic carbocycles. The van der Waals surface area contributed by atoms with Crippen molar-refractivity contribution in [3.63, 3.8) is 0 Å². The highest BCUT2D eigenvalue weighted by atomic mass is 16.2. The van der Waals surface area contributed by atoms with E-state index in [0.717, 1.165) is 12.0 Å². The van der Waals surface area contributed by atoms with Crippen LogP contribution in [0.4, 0.5) is 5.82 Å². The minimum Gasteiger partial charge on any atom is -0.384 e. The smallest absolute Gasteiger partial charge is 0.225 e. The van der Waals surface area contributed by atoms with E-state index >= 15 is 0 Å². The second kappa shape index (κ2) is 6.59. The normalized spacial score (nSPS) is 9.12. The Balaban J connectivity index is 2.71. The van der Waals surface area contributed by atoms with Crippen LogP contribution in [0.3, 0.4) is 0 Å². The molecule has 16 heavy (non-hydrogen) atoms. The third kappa shape index (κ3) is 4.11. The zero-order valence-electron chi connectivity index (χ0n) is 9.16. The molecule has 0 atom stereocenters. The molecule has 1 heterocycles. The van der Waals surface area contributed by atoms with Crippen molar-refractivity contribution in [2.24, 2.45) is 0 Å². The molecule has 0 aliphatic carbocycles. The van der Waals surface area contributed by atoms with E-state index in [0.29, 0.717) is 12.2 Å². The first-order chi connectivity index (χ1) is 7.76. The minimum absolute atomic E-state index is 0.0535. The number of carbonyl (C=O) groups is 1. The Hall–Kier alpha value is -1.86. The van der Waals surface area contributed by atoms with Gasteiger partial charge in [0.25, 0.3) is 0 Å². The summed E-state index contributed by atoms with van der Waals surface area (Å²) < 4.78 is 0. The molecule has 0 spiro atoms. The molecule has 0 saturated carbocycles. The van der Waals surface area contributed by atoms with E-state index in [-0.39, 0.29) is 12.5 Å². The van der Waals surface area contributed by atoms with Crippen LogP contribution in [0.15, 0.2) is 18.3 Å². The lowest BCUT2D eigenvalue weighted by atomic mass is 10.2. The Morgan fingerprint density at radius 3 is 3.12 bits per heavy atom. The number of carbonyl (C=O) groups excluding carboxylic acids is 1. The average Bonchev–Trinajstić information content (AvgIpc) is 2.27. The van der Waals surface area contributed by atoms with Crippen LogP contribution in [0.1, 0.15) is 25.3 Å². The number of aromatic nitrogens is 1. The maximum atomic E-state index is 11.3. The Morgan fingerprint density at radius 2 is 2.44 bits per heavy atom. The Bertz CT molecular complexity index is 419. The molecule has 1 aromatic heterocycles. The van der Waals surface area contributed by atoms with Crippen LogP contribution in [0.25, 0.3) is 0 Å². The molecule has 0 saturated heterocycles. The molecule has 4 heteroatoms. The van der Waals surface area contributed by atoms with E-state index < -0.39 is 0 Å². The molecule has 84 valence electrons. The van der Waals surface area contributed by atoms with E-state index in [1.807, 2.05) is 6.92 Å². The van der Waals surface area contributed by atoms with E-state index in [4.69, 9.17) is 5.11 Å². The summed E-state index contributed by atoms with van der Waals surface area (Å²) in [4.78, 5) is 15.3. The van der Waals surface area contributed by atoms with Crippen molar-refractivity contribution >= 4 is 11.7 Å². The lowest BCUT2D eigenvalue weighted by Gasteiger charge is -2.02. The summed E-state index contributed by atoms with van der Waals surface area (Å²) in [5.41, 5.74) is 0.718. The van der Waals surface area contributed by atoms with Crippen LogP contribution in [0.5, 0.6) is 0 Å². The summed E-state index contributed by atoms with van der Waals surface area (Å²) in [6.45, 7) is 1.76. The minimum atomic E-state index is -0.181. The number of pyridine rings is 1. The molecule has 2 N–H and O–H groups in total. The highest BCUT2D eigenvalue weighted by Crippen LogP contribution is 2.06. The number of nitrogens with zero attached hydrogens (tertiary/aromatic N) is 1. The standard InChI is InChI=1S/C12H14N2O2/c1-2-4-12(16)14-11-9-10(5-3-8-15)6-7-13-11/h6-7,9,15H,2,4,8H2,1H3,(H,13,14,16). The van der Waals surface area contributed by atoms with Gasteiger partial charge in [-0.25, -0.2) is 4.98 Å². The fourth-order valence-corrected chi connectivity index (χ4v) is 1.15. The molecule has 0 unspecified atom stereocenters. The van der Waals surface area contributed by atoms with Crippen LogP contribution in [0, 0.1) is 11.8 Å². The van der Waals surface area contributed by atoms with Gasteiger partial charge in [0.15, 0.2) is 0 Å². The third-order valence-electron chi connectivity index (χ3n) is 1.82. The molecule has 0 aliphatic heterocycles. The maximum Gasteiger partial charge on any atom is 0.225 e. The molecule has 0 fully saturated rings. The summed E-state index contributed by atoms with van der Waals surface area (Å²) >= 11 is 0. The van der Waals surface area contributed by atoms with Gasteiger partial charge < -0.3 is 10.4 Å². The molecule has 0 bridgehead atoms. The number of nitrogens with one attached hydrogen (secondary N) is 1. The first-order valence-corrected chi connectivity index (χ1v) is 5.12. The molecule has 0 radical (unpaired) electrons. The summed E-state index contributed by atoms with van der Waals surface area (Å²) in [7, 11) is 0. The third-order valence-corrected chi connectivity index (χ3v) is 1.82. The quantitative estimate of drug-likeness (QED) is 0.748. The van der Waals surface area contributed by atoms with Gasteiger partial charge in [-0.2, -0.15) is 0 Å². The van der Waals surface area contributed by atoms with Crippen LogP contribution < -0.4 is 5.32 Å². The van der Waals surface area contributed by atoms with Gasteiger partial charge in [-0.15, -0.1) is 0 Å². The van der Waals surface area contributed by atoms with Gasteiger partial charge in [0.2, 0.25) is 5.91 Å². The number of anilines is 1. The van der Waals surface area contributed by atoms with Crippen molar-refractivity contribution in [3.8, 4) is 11.8 Å². The monoisotopic (exact) mass is 218 g/mol. The van der Waals surface area contributed by atoms with E-state index in [1.165, 1.54) is 0 Å². The summed E-state index contributed by atoms with van der Waals surface area (Å²) in [6.07, 6.45) is 2.85. The second-order valence-electron chi connectivity index (χ2n) is 3.19. The number of aliphatic hydroxyl groups excluding tert-OH is 1. The molecular weight excluding hydrogens is 204 g/mol. The van der Waals surface area contributed by atoms with Crippen molar-refractivity contribution in [1.82, 2.24) is 4.98 Å². The van der Waals surface area contributed by atoms with Gasteiger partial charge in [-0.1, -0.05) is 18.8 Å². The van der Waals surface area contributed by atoms with Gasteiger partial charge >= 0.3 is 0 Å². The van der Waals surface area contributed by atoms with Crippen LogP contribution in [0.2, 0.25) is 0 Å². The fourth-order valence-electron chi connectivity index (χ4n) is 1.15. The Kier molecular flexibility index (Phi) is 5.03. The van der Waals surface area contributed by atoms with Gasteiger partial charge in [0, 0.05) is 18.2 Å². The zero-order valence-corrected chi connectivity index (χ0v) is 9.16. The molecule has 0 aliphatic rings. The predicted molar refractivity (Wildman–Crippen MR) is 61.7 cm³/mol. The van der Waals surface area contributed by atoms with Crippen molar-refractivity contribution in [2.75, 3.05) is 11.9 Å².